The van der Waals surface area contributed by atoms with E-state index in [4.69, 9.17) is 0 Å². The van der Waals surface area contributed by atoms with Crippen molar-refractivity contribution in [2.24, 2.45) is 0 Å². The van der Waals surface area contributed by atoms with Crippen LogP contribution in [0, 0.1) is 0 Å². The summed E-state index contributed by atoms with van der Waals surface area (Å²) in [6.45, 7) is 4.07. The van der Waals surface area contributed by atoms with Gasteiger partial charge in [-0.25, -0.2) is 0 Å². The van der Waals surface area contributed by atoms with Crippen molar-refractivity contribution in [3.8, 4) is 11.5 Å². The summed E-state index contributed by atoms with van der Waals surface area (Å²) in [6, 6.07) is 14.0. The molecule has 0 aliphatic carbocycles. The fourth-order valence-corrected chi connectivity index (χ4v) is 2.44. The van der Waals surface area contributed by atoms with Crippen molar-refractivity contribution in [2.45, 2.75) is 26.7 Å². The Kier molecular flexibility index (Phi) is 12.6. The van der Waals surface area contributed by atoms with E-state index in [1.54, 1.807) is 24.3 Å². The van der Waals surface area contributed by atoms with Crippen LogP contribution in [-0.2, 0) is 39.0 Å². The molecule has 0 fully saturated rings. The van der Waals surface area contributed by atoms with E-state index in [1.807, 2.05) is 38.1 Å². The summed E-state index contributed by atoms with van der Waals surface area (Å²) in [5, 5.41) is 0. The molecule has 2 aromatic rings. The summed E-state index contributed by atoms with van der Waals surface area (Å²) < 4.78 is 29.4. The first-order valence-electron chi connectivity index (χ1n) is 7.40. The maximum absolute atomic E-state index is 10.2. The van der Waals surface area contributed by atoms with Gasteiger partial charge in [-0.3, -0.25) is 9.13 Å². The summed E-state index contributed by atoms with van der Waals surface area (Å²) in [5.41, 5.74) is 2.32. The van der Waals surface area contributed by atoms with Gasteiger partial charge in [0, 0.05) is 0 Å². The topological polar surface area (TPSA) is 98.7 Å². The molecule has 2 unspecified atom stereocenters. The van der Waals surface area contributed by atoms with Crippen molar-refractivity contribution in [1.29, 1.82) is 0 Å². The van der Waals surface area contributed by atoms with Gasteiger partial charge in [-0.2, -0.15) is 0 Å². The van der Waals surface area contributed by atoms with E-state index in [0.717, 1.165) is 24.0 Å². The SMILES string of the molecule is CCc1ccc(O[PH](=O)[O-])cc1.CCc1ccc(O[PH](=O)[O-])cc1.[Cu+2]. The first kappa shape index (κ1) is 23.9. The van der Waals surface area contributed by atoms with E-state index in [1.165, 1.54) is 0 Å². The smallest absolute Gasteiger partial charge is 0.771 e. The van der Waals surface area contributed by atoms with Crippen LogP contribution in [0.2, 0.25) is 0 Å². The van der Waals surface area contributed by atoms with E-state index < -0.39 is 16.5 Å². The van der Waals surface area contributed by atoms with Crippen LogP contribution in [0.15, 0.2) is 48.5 Å². The summed E-state index contributed by atoms with van der Waals surface area (Å²) in [5.74, 6) is 0.761. The van der Waals surface area contributed by atoms with Crippen molar-refractivity contribution < 1.29 is 45.0 Å². The van der Waals surface area contributed by atoms with Crippen LogP contribution in [0.25, 0.3) is 0 Å². The van der Waals surface area contributed by atoms with Crippen LogP contribution in [0.3, 0.4) is 0 Å². The molecule has 0 aliphatic heterocycles. The maximum Gasteiger partial charge on any atom is 2.00 e. The number of hydrogen-bond acceptors (Lipinski definition) is 6. The van der Waals surface area contributed by atoms with Crippen LogP contribution in [0.1, 0.15) is 25.0 Å². The van der Waals surface area contributed by atoms with Gasteiger partial charge in [-0.15, -0.1) is 0 Å². The van der Waals surface area contributed by atoms with E-state index in [2.05, 4.69) is 9.05 Å². The van der Waals surface area contributed by atoms with Crippen LogP contribution < -0.4 is 18.8 Å². The molecule has 0 spiro atoms. The minimum atomic E-state index is -3.11. The Hall–Kier alpha value is -1.06. The molecular weight excluding hydrogens is 414 g/mol. The summed E-state index contributed by atoms with van der Waals surface area (Å²) >= 11 is 0. The molecule has 0 N–H and O–H groups in total. The molecule has 0 aromatic heterocycles. The fourth-order valence-electron chi connectivity index (χ4n) is 1.78. The molecule has 9 heteroatoms. The Labute approximate surface area is 159 Å². The summed E-state index contributed by atoms with van der Waals surface area (Å²) in [6.07, 6.45) is 1.87. The molecule has 25 heavy (non-hydrogen) atoms. The zero-order valence-electron chi connectivity index (χ0n) is 13.8. The Morgan fingerprint density at radius 2 is 1.00 bits per heavy atom. The van der Waals surface area contributed by atoms with Crippen molar-refractivity contribution >= 4 is 16.5 Å². The van der Waals surface area contributed by atoms with Gasteiger partial charge in [-0.1, -0.05) is 38.1 Å². The average molecular weight is 434 g/mol. The van der Waals surface area contributed by atoms with E-state index in [0.29, 0.717) is 11.5 Å². The third-order valence-corrected chi connectivity index (χ3v) is 3.87. The molecule has 0 amide bonds. The molecular formula is C16H20CuO6P2. The average Bonchev–Trinajstić information content (AvgIpc) is 2.56. The molecule has 2 rings (SSSR count). The zero-order chi connectivity index (χ0) is 17.9. The van der Waals surface area contributed by atoms with Crippen LogP contribution in [-0.4, -0.2) is 0 Å². The second kappa shape index (κ2) is 13.2. The molecule has 0 heterocycles. The minimum absolute atomic E-state index is 0. The van der Waals surface area contributed by atoms with Crippen molar-refractivity contribution in [2.75, 3.05) is 0 Å². The predicted molar refractivity (Wildman–Crippen MR) is 90.9 cm³/mol. The third-order valence-electron chi connectivity index (χ3n) is 3.07. The van der Waals surface area contributed by atoms with Gasteiger partial charge in [0.2, 0.25) is 0 Å². The van der Waals surface area contributed by atoms with Crippen LogP contribution in [0.4, 0.5) is 0 Å². The zero-order valence-corrected chi connectivity index (χ0v) is 16.7. The predicted octanol–water partition coefficient (Wildman–Crippen LogP) is 2.75. The summed E-state index contributed by atoms with van der Waals surface area (Å²) in [7, 11) is -6.21. The van der Waals surface area contributed by atoms with Crippen molar-refractivity contribution in [3.63, 3.8) is 0 Å². The molecule has 0 aliphatic rings. The third kappa shape index (κ3) is 10.5. The van der Waals surface area contributed by atoms with E-state index >= 15 is 0 Å². The van der Waals surface area contributed by atoms with E-state index in [9.17, 15) is 18.9 Å². The normalized spacial score (nSPS) is 12.0. The molecule has 0 saturated heterocycles. The molecule has 0 bridgehead atoms. The second-order valence-corrected chi connectivity index (χ2v) is 6.11. The quantitative estimate of drug-likeness (QED) is 0.513. The Morgan fingerprint density at radius 3 is 1.20 bits per heavy atom. The Morgan fingerprint density at radius 1 is 0.720 bits per heavy atom. The minimum Gasteiger partial charge on any atom is -0.771 e. The van der Waals surface area contributed by atoms with Crippen LogP contribution >= 0.6 is 16.5 Å². The van der Waals surface area contributed by atoms with Gasteiger partial charge >= 0.3 is 17.1 Å². The monoisotopic (exact) mass is 433 g/mol. The molecule has 2 aromatic carbocycles. The van der Waals surface area contributed by atoms with Gasteiger partial charge in [0.05, 0.1) is 0 Å². The number of hydrogen-bond donors (Lipinski definition) is 0. The number of aryl methyl sites for hydroxylation is 2. The van der Waals surface area contributed by atoms with Gasteiger partial charge < -0.3 is 18.8 Å². The number of rotatable bonds is 6. The first-order valence-corrected chi connectivity index (χ1v) is 9.85. The van der Waals surface area contributed by atoms with E-state index in [-0.39, 0.29) is 17.1 Å². The van der Waals surface area contributed by atoms with Gasteiger partial charge in [0.15, 0.2) is 16.5 Å². The Balaban J connectivity index is 0.000000443. The Bertz CT molecular complexity index is 602. The molecule has 2 atom stereocenters. The largest absolute Gasteiger partial charge is 2.00 e. The maximum atomic E-state index is 10.2. The first-order chi connectivity index (χ1) is 11.4. The van der Waals surface area contributed by atoms with Gasteiger partial charge in [-0.05, 0) is 48.2 Å². The molecule has 6 nitrogen and oxygen atoms in total. The van der Waals surface area contributed by atoms with Gasteiger partial charge in [0.25, 0.3) is 0 Å². The molecule has 0 saturated carbocycles. The van der Waals surface area contributed by atoms with Crippen molar-refractivity contribution in [3.05, 3.63) is 59.7 Å². The number of benzene rings is 2. The van der Waals surface area contributed by atoms with Crippen LogP contribution in [0.5, 0.6) is 11.5 Å². The standard InChI is InChI=1S/2C8H11O3P.Cu/c2*1-2-7-3-5-8(6-4-7)11-12(9)10;/h2*3-6,12H,2H2,1H3,(H,9,10);/q;;+2/p-2. The fraction of sp³-hybridized carbons (Fsp3) is 0.250. The second-order valence-electron chi connectivity index (χ2n) is 4.70. The molecule has 141 valence electrons. The molecule has 1 radical (unpaired) electrons. The van der Waals surface area contributed by atoms with Crippen molar-refractivity contribution in [1.82, 2.24) is 0 Å². The van der Waals surface area contributed by atoms with Gasteiger partial charge in [0.1, 0.15) is 11.5 Å². The summed E-state index contributed by atoms with van der Waals surface area (Å²) in [4.78, 5) is 20.4.